The molecule has 3 heteroatoms. The van der Waals surface area contributed by atoms with E-state index in [-0.39, 0.29) is 5.41 Å². The van der Waals surface area contributed by atoms with Crippen LogP contribution in [0.3, 0.4) is 0 Å². The van der Waals surface area contributed by atoms with Crippen LogP contribution in [0, 0.1) is 5.41 Å². The zero-order chi connectivity index (χ0) is 17.1. The minimum atomic E-state index is -0.393. The molecule has 0 saturated carbocycles. The number of rotatable bonds is 2. The second kappa shape index (κ2) is 5.46. The Morgan fingerprint density at radius 1 is 1.08 bits per heavy atom. The van der Waals surface area contributed by atoms with Crippen molar-refractivity contribution in [2.45, 2.75) is 51.2 Å². The number of methoxy groups -OCH3 is 1. The molecule has 0 unspecified atom stereocenters. The van der Waals surface area contributed by atoms with Crippen molar-refractivity contribution in [1.29, 1.82) is 0 Å². The fourth-order valence-corrected chi connectivity index (χ4v) is 5.75. The predicted molar refractivity (Wildman–Crippen MR) is 97.5 cm³/mol. The highest BCUT2D eigenvalue weighted by molar-refractivity contribution is 5.79. The molecular formula is C22H26O3. The topological polar surface area (TPSA) is 27.7 Å². The summed E-state index contributed by atoms with van der Waals surface area (Å²) in [5.41, 5.74) is 7.56. The zero-order valence-electron chi connectivity index (χ0n) is 15.2. The second-order valence-corrected chi connectivity index (χ2v) is 7.69. The van der Waals surface area contributed by atoms with Gasteiger partial charge in [0, 0.05) is 11.8 Å². The lowest BCUT2D eigenvalue weighted by atomic mass is 9.61. The van der Waals surface area contributed by atoms with Gasteiger partial charge in [-0.3, -0.25) is 0 Å². The third kappa shape index (κ3) is 1.94. The number of hydrogen-bond donors (Lipinski definition) is 0. The van der Waals surface area contributed by atoms with Gasteiger partial charge in [-0.2, -0.15) is 0 Å². The first kappa shape index (κ1) is 15.7. The molecule has 1 aliphatic heterocycles. The van der Waals surface area contributed by atoms with Crippen LogP contribution in [0.15, 0.2) is 35.4 Å². The van der Waals surface area contributed by atoms with Crippen LogP contribution in [-0.4, -0.2) is 26.1 Å². The van der Waals surface area contributed by atoms with Gasteiger partial charge in [-0.15, -0.1) is 0 Å². The Bertz CT molecular complexity index is 782. The van der Waals surface area contributed by atoms with Crippen molar-refractivity contribution in [2.24, 2.45) is 5.41 Å². The molecule has 0 N–H and O–H groups in total. The Hall–Kier alpha value is -1.58. The van der Waals surface area contributed by atoms with Crippen LogP contribution in [0.1, 0.15) is 50.2 Å². The molecule has 1 atom stereocenters. The lowest BCUT2D eigenvalue weighted by Crippen LogP contribution is -2.48. The van der Waals surface area contributed by atoms with Gasteiger partial charge < -0.3 is 14.2 Å². The Morgan fingerprint density at radius 3 is 2.68 bits per heavy atom. The minimum absolute atomic E-state index is 0.0479. The molecule has 25 heavy (non-hydrogen) atoms. The maximum Gasteiger partial charge on any atom is 0.181 e. The molecule has 4 aliphatic rings. The molecule has 0 aromatic heterocycles. The monoisotopic (exact) mass is 338 g/mol. The summed E-state index contributed by atoms with van der Waals surface area (Å²) in [7, 11) is 1.75. The maximum atomic E-state index is 6.23. The van der Waals surface area contributed by atoms with Gasteiger partial charge in [-0.25, -0.2) is 0 Å². The molecule has 0 bridgehead atoms. The quantitative estimate of drug-likeness (QED) is 0.785. The van der Waals surface area contributed by atoms with Gasteiger partial charge in [0.2, 0.25) is 0 Å². The molecule has 1 saturated heterocycles. The zero-order valence-corrected chi connectivity index (χ0v) is 15.2. The molecule has 0 radical (unpaired) electrons. The van der Waals surface area contributed by atoms with Crippen molar-refractivity contribution < 1.29 is 14.2 Å². The van der Waals surface area contributed by atoms with E-state index in [4.69, 9.17) is 14.2 Å². The summed E-state index contributed by atoms with van der Waals surface area (Å²) in [4.78, 5) is 0. The number of allylic oxidation sites excluding steroid dienone is 2. The van der Waals surface area contributed by atoms with Gasteiger partial charge in [0.05, 0.1) is 20.3 Å². The summed E-state index contributed by atoms with van der Waals surface area (Å²) in [5.74, 6) is 0.573. The maximum absolute atomic E-state index is 6.23. The average molecular weight is 338 g/mol. The largest absolute Gasteiger partial charge is 0.497 e. The number of aryl methyl sites for hydroxylation is 1. The molecule has 1 fully saturated rings. The number of ether oxygens (including phenoxy) is 3. The number of benzene rings is 1. The smallest absolute Gasteiger partial charge is 0.181 e. The van der Waals surface area contributed by atoms with E-state index < -0.39 is 5.79 Å². The number of hydrogen-bond acceptors (Lipinski definition) is 3. The van der Waals surface area contributed by atoms with Crippen LogP contribution < -0.4 is 4.74 Å². The summed E-state index contributed by atoms with van der Waals surface area (Å²) in [6, 6.07) is 6.58. The van der Waals surface area contributed by atoms with E-state index in [1.54, 1.807) is 18.3 Å². The Labute approximate surface area is 149 Å². The molecule has 132 valence electrons. The first-order valence-corrected chi connectivity index (χ1v) is 9.61. The van der Waals surface area contributed by atoms with Crippen LogP contribution in [0.5, 0.6) is 5.75 Å². The summed E-state index contributed by atoms with van der Waals surface area (Å²) in [5, 5.41) is 0. The highest BCUT2D eigenvalue weighted by Gasteiger charge is 2.61. The molecule has 0 amide bonds. The van der Waals surface area contributed by atoms with E-state index in [0.717, 1.165) is 57.5 Å². The van der Waals surface area contributed by atoms with E-state index in [0.29, 0.717) is 0 Å². The van der Waals surface area contributed by atoms with Crippen molar-refractivity contribution in [3.63, 3.8) is 0 Å². The summed E-state index contributed by atoms with van der Waals surface area (Å²) in [6.07, 6.45) is 8.88. The first-order valence-electron chi connectivity index (χ1n) is 9.61. The van der Waals surface area contributed by atoms with Gasteiger partial charge in [-0.1, -0.05) is 19.1 Å². The van der Waals surface area contributed by atoms with E-state index in [9.17, 15) is 0 Å². The van der Waals surface area contributed by atoms with Gasteiger partial charge in [0.1, 0.15) is 5.75 Å². The first-order chi connectivity index (χ1) is 12.2. The highest BCUT2D eigenvalue weighted by atomic mass is 16.7. The van der Waals surface area contributed by atoms with Gasteiger partial charge in [0.15, 0.2) is 5.79 Å². The van der Waals surface area contributed by atoms with E-state index in [1.165, 1.54) is 16.7 Å². The predicted octanol–water partition coefficient (Wildman–Crippen LogP) is 4.66. The molecular weight excluding hydrogens is 312 g/mol. The molecule has 3 nitrogen and oxygen atoms in total. The molecule has 3 aliphatic carbocycles. The minimum Gasteiger partial charge on any atom is -0.497 e. The third-order valence-electron chi connectivity index (χ3n) is 6.95. The van der Waals surface area contributed by atoms with Crippen molar-refractivity contribution in [1.82, 2.24) is 0 Å². The van der Waals surface area contributed by atoms with Gasteiger partial charge in [-0.05, 0) is 72.1 Å². The van der Waals surface area contributed by atoms with Crippen LogP contribution in [0.4, 0.5) is 0 Å². The second-order valence-electron chi connectivity index (χ2n) is 7.69. The Balaban J connectivity index is 1.61. The summed E-state index contributed by atoms with van der Waals surface area (Å²) < 4.78 is 17.9. The standard InChI is InChI=1S/C22H26O3/c1-3-21-10-8-18-17-7-5-16(23-2)14-15(17)4-6-19(18)20(21)9-11-22(21)24-12-13-25-22/h5,7,9,14H,3-4,6,8,10-13H2,1-2H3/t21-/m0/s1. The lowest BCUT2D eigenvalue weighted by molar-refractivity contribution is -0.218. The van der Waals surface area contributed by atoms with Crippen molar-refractivity contribution in [3.8, 4) is 5.75 Å². The summed E-state index contributed by atoms with van der Waals surface area (Å²) >= 11 is 0. The van der Waals surface area contributed by atoms with Crippen LogP contribution in [0.25, 0.3) is 5.57 Å². The van der Waals surface area contributed by atoms with Crippen molar-refractivity contribution in [2.75, 3.05) is 20.3 Å². The van der Waals surface area contributed by atoms with E-state index in [1.807, 2.05) is 0 Å². The normalized spacial score (nSPS) is 29.3. The van der Waals surface area contributed by atoms with Gasteiger partial charge in [0.25, 0.3) is 0 Å². The molecule has 1 heterocycles. The van der Waals surface area contributed by atoms with Crippen LogP contribution in [0.2, 0.25) is 0 Å². The number of fused-ring (bicyclic) bond motifs is 5. The van der Waals surface area contributed by atoms with Crippen LogP contribution >= 0.6 is 0 Å². The molecule has 1 spiro atoms. The van der Waals surface area contributed by atoms with Crippen molar-refractivity contribution >= 4 is 5.57 Å². The van der Waals surface area contributed by atoms with Gasteiger partial charge >= 0.3 is 0 Å². The van der Waals surface area contributed by atoms with Crippen molar-refractivity contribution in [3.05, 3.63) is 46.5 Å². The van der Waals surface area contributed by atoms with Crippen LogP contribution in [-0.2, 0) is 15.9 Å². The molecule has 5 rings (SSSR count). The third-order valence-corrected chi connectivity index (χ3v) is 6.95. The Kier molecular flexibility index (Phi) is 3.42. The summed E-state index contributed by atoms with van der Waals surface area (Å²) in [6.45, 7) is 3.77. The fraction of sp³-hybridized carbons (Fsp3) is 0.545. The van der Waals surface area contributed by atoms with E-state index in [2.05, 4.69) is 31.2 Å². The fourth-order valence-electron chi connectivity index (χ4n) is 5.75. The molecule has 1 aromatic rings. The molecule has 1 aromatic carbocycles. The SMILES string of the molecule is CC[C@]12CCC3=C(CCc4cc(OC)ccc43)C1=CCC21OCCO1. The van der Waals surface area contributed by atoms with E-state index >= 15 is 0 Å². The lowest BCUT2D eigenvalue weighted by Gasteiger charge is -2.48. The Morgan fingerprint density at radius 2 is 1.92 bits per heavy atom. The average Bonchev–Trinajstić information content (AvgIpc) is 3.27. The highest BCUT2D eigenvalue weighted by Crippen LogP contribution is 2.63.